The second-order valence-corrected chi connectivity index (χ2v) is 3.39. The van der Waals surface area contributed by atoms with E-state index in [0.29, 0.717) is 5.92 Å². The first-order valence-corrected chi connectivity index (χ1v) is 4.55. The lowest BCUT2D eigenvalue weighted by molar-refractivity contribution is 0.115. The van der Waals surface area contributed by atoms with Gasteiger partial charge in [-0.25, -0.2) is 0 Å². The summed E-state index contributed by atoms with van der Waals surface area (Å²) in [5.41, 5.74) is 5.67. The SMILES string of the molecule is CCC(N)[C@@H](O)C[C@H](C)CC. The predicted octanol–water partition coefficient (Wildman–Crippen LogP) is 1.52. The van der Waals surface area contributed by atoms with Crippen molar-refractivity contribution < 1.29 is 5.11 Å². The van der Waals surface area contributed by atoms with E-state index in [-0.39, 0.29) is 12.1 Å². The zero-order chi connectivity index (χ0) is 8.85. The first kappa shape index (κ1) is 10.9. The third-order valence-electron chi connectivity index (χ3n) is 2.31. The van der Waals surface area contributed by atoms with Crippen molar-refractivity contribution >= 4 is 0 Å². The normalized spacial score (nSPS) is 19.4. The number of nitrogens with two attached hydrogens (primary N) is 1. The Labute approximate surface area is 69.8 Å². The minimum absolute atomic E-state index is 0.0380. The van der Waals surface area contributed by atoms with E-state index in [9.17, 15) is 5.11 Å². The summed E-state index contributed by atoms with van der Waals surface area (Å²) in [6.45, 7) is 6.28. The van der Waals surface area contributed by atoms with Crippen molar-refractivity contribution in [3.05, 3.63) is 0 Å². The fourth-order valence-corrected chi connectivity index (χ4v) is 1.03. The van der Waals surface area contributed by atoms with E-state index in [1.807, 2.05) is 6.92 Å². The highest BCUT2D eigenvalue weighted by atomic mass is 16.3. The fraction of sp³-hybridized carbons (Fsp3) is 1.00. The van der Waals surface area contributed by atoms with E-state index in [2.05, 4.69) is 13.8 Å². The Bertz CT molecular complexity index is 95.6. The summed E-state index contributed by atoms with van der Waals surface area (Å²) in [6, 6.07) is -0.0380. The first-order chi connectivity index (χ1) is 5.11. The number of rotatable bonds is 5. The van der Waals surface area contributed by atoms with Gasteiger partial charge in [0, 0.05) is 6.04 Å². The maximum absolute atomic E-state index is 9.49. The van der Waals surface area contributed by atoms with Crippen LogP contribution in [0.5, 0.6) is 0 Å². The number of hydrogen-bond acceptors (Lipinski definition) is 2. The van der Waals surface area contributed by atoms with Crippen LogP contribution in [0.25, 0.3) is 0 Å². The molecule has 0 aliphatic heterocycles. The molecule has 0 rings (SSSR count). The Hall–Kier alpha value is -0.0800. The van der Waals surface area contributed by atoms with Crippen LogP contribution in [0, 0.1) is 5.92 Å². The average molecular weight is 159 g/mol. The van der Waals surface area contributed by atoms with Crippen LogP contribution in [0.4, 0.5) is 0 Å². The molecule has 0 amide bonds. The van der Waals surface area contributed by atoms with Crippen molar-refractivity contribution in [1.82, 2.24) is 0 Å². The van der Waals surface area contributed by atoms with Gasteiger partial charge in [-0.2, -0.15) is 0 Å². The Morgan fingerprint density at radius 3 is 2.18 bits per heavy atom. The summed E-state index contributed by atoms with van der Waals surface area (Å²) < 4.78 is 0. The third-order valence-corrected chi connectivity index (χ3v) is 2.31. The standard InChI is InChI=1S/C9H21NO/c1-4-7(3)6-9(11)8(10)5-2/h7-9,11H,4-6,10H2,1-3H3/t7-,8?,9+/m1/s1. The molecule has 0 bridgehead atoms. The lowest BCUT2D eigenvalue weighted by Gasteiger charge is -2.19. The Morgan fingerprint density at radius 1 is 1.27 bits per heavy atom. The van der Waals surface area contributed by atoms with E-state index < -0.39 is 0 Å². The molecular formula is C9H21NO. The molecule has 0 saturated heterocycles. The summed E-state index contributed by atoms with van der Waals surface area (Å²) in [5, 5.41) is 9.49. The molecule has 0 aliphatic rings. The second-order valence-electron chi connectivity index (χ2n) is 3.39. The van der Waals surface area contributed by atoms with Gasteiger partial charge in [0.15, 0.2) is 0 Å². The highest BCUT2D eigenvalue weighted by molar-refractivity contribution is 4.71. The van der Waals surface area contributed by atoms with Crippen molar-refractivity contribution in [2.45, 2.75) is 52.2 Å². The van der Waals surface area contributed by atoms with Gasteiger partial charge in [0.2, 0.25) is 0 Å². The summed E-state index contributed by atoms with van der Waals surface area (Å²) in [5.74, 6) is 0.586. The minimum Gasteiger partial charge on any atom is -0.392 e. The molecular weight excluding hydrogens is 138 g/mol. The van der Waals surface area contributed by atoms with Gasteiger partial charge in [-0.05, 0) is 18.8 Å². The number of hydrogen-bond donors (Lipinski definition) is 2. The summed E-state index contributed by atoms with van der Waals surface area (Å²) in [4.78, 5) is 0. The van der Waals surface area contributed by atoms with E-state index in [4.69, 9.17) is 5.73 Å². The molecule has 0 aliphatic carbocycles. The molecule has 2 heteroatoms. The van der Waals surface area contributed by atoms with E-state index >= 15 is 0 Å². The van der Waals surface area contributed by atoms with Gasteiger partial charge in [-0.1, -0.05) is 27.2 Å². The van der Waals surface area contributed by atoms with Crippen LogP contribution in [0.2, 0.25) is 0 Å². The Balaban J connectivity index is 3.58. The largest absolute Gasteiger partial charge is 0.392 e. The lowest BCUT2D eigenvalue weighted by Crippen LogP contribution is -2.34. The number of aliphatic hydroxyl groups is 1. The van der Waals surface area contributed by atoms with Gasteiger partial charge in [-0.3, -0.25) is 0 Å². The lowest BCUT2D eigenvalue weighted by atomic mass is 9.96. The van der Waals surface area contributed by atoms with Gasteiger partial charge in [0.25, 0.3) is 0 Å². The quantitative estimate of drug-likeness (QED) is 0.639. The molecule has 11 heavy (non-hydrogen) atoms. The molecule has 2 nitrogen and oxygen atoms in total. The monoisotopic (exact) mass is 159 g/mol. The third kappa shape index (κ3) is 4.38. The molecule has 0 radical (unpaired) electrons. The molecule has 0 heterocycles. The highest BCUT2D eigenvalue weighted by Gasteiger charge is 2.14. The van der Waals surface area contributed by atoms with E-state index in [0.717, 1.165) is 19.3 Å². The van der Waals surface area contributed by atoms with Gasteiger partial charge < -0.3 is 10.8 Å². The molecule has 0 aromatic heterocycles. The average Bonchev–Trinajstić information content (AvgIpc) is 2.02. The molecule has 1 unspecified atom stereocenters. The van der Waals surface area contributed by atoms with Gasteiger partial charge in [0.05, 0.1) is 6.10 Å². The first-order valence-electron chi connectivity index (χ1n) is 4.55. The van der Waals surface area contributed by atoms with Gasteiger partial charge >= 0.3 is 0 Å². The van der Waals surface area contributed by atoms with E-state index in [1.54, 1.807) is 0 Å². The summed E-state index contributed by atoms with van der Waals surface area (Å²) in [6.07, 6.45) is 2.51. The maximum atomic E-state index is 9.49. The molecule has 0 aromatic rings. The van der Waals surface area contributed by atoms with Crippen LogP contribution >= 0.6 is 0 Å². The molecule has 0 aromatic carbocycles. The molecule has 0 spiro atoms. The summed E-state index contributed by atoms with van der Waals surface area (Å²) in [7, 11) is 0. The Kier molecular flexibility index (Phi) is 5.51. The fourth-order valence-electron chi connectivity index (χ4n) is 1.03. The van der Waals surface area contributed by atoms with Crippen molar-refractivity contribution in [2.75, 3.05) is 0 Å². The van der Waals surface area contributed by atoms with E-state index in [1.165, 1.54) is 0 Å². The number of aliphatic hydroxyl groups excluding tert-OH is 1. The minimum atomic E-state index is -0.310. The molecule has 0 fully saturated rings. The van der Waals surface area contributed by atoms with Crippen LogP contribution in [0.15, 0.2) is 0 Å². The van der Waals surface area contributed by atoms with Crippen molar-refractivity contribution in [3.63, 3.8) is 0 Å². The molecule has 3 N–H and O–H groups in total. The van der Waals surface area contributed by atoms with Crippen LogP contribution in [0.1, 0.15) is 40.0 Å². The smallest absolute Gasteiger partial charge is 0.0693 e. The van der Waals surface area contributed by atoms with Crippen LogP contribution in [-0.4, -0.2) is 17.3 Å². The summed E-state index contributed by atoms with van der Waals surface area (Å²) >= 11 is 0. The molecule has 0 saturated carbocycles. The zero-order valence-electron chi connectivity index (χ0n) is 7.88. The molecule has 68 valence electrons. The topological polar surface area (TPSA) is 46.2 Å². The second kappa shape index (κ2) is 5.56. The van der Waals surface area contributed by atoms with Crippen LogP contribution in [-0.2, 0) is 0 Å². The van der Waals surface area contributed by atoms with Gasteiger partial charge in [-0.15, -0.1) is 0 Å². The van der Waals surface area contributed by atoms with Crippen molar-refractivity contribution in [3.8, 4) is 0 Å². The van der Waals surface area contributed by atoms with Gasteiger partial charge in [0.1, 0.15) is 0 Å². The van der Waals surface area contributed by atoms with Crippen molar-refractivity contribution in [1.29, 1.82) is 0 Å². The van der Waals surface area contributed by atoms with Crippen LogP contribution < -0.4 is 5.73 Å². The van der Waals surface area contributed by atoms with Crippen molar-refractivity contribution in [2.24, 2.45) is 11.7 Å². The maximum Gasteiger partial charge on any atom is 0.0693 e. The zero-order valence-corrected chi connectivity index (χ0v) is 7.88. The predicted molar refractivity (Wildman–Crippen MR) is 48.3 cm³/mol. The Morgan fingerprint density at radius 2 is 1.82 bits per heavy atom. The highest BCUT2D eigenvalue weighted by Crippen LogP contribution is 2.12. The molecule has 3 atom stereocenters. The van der Waals surface area contributed by atoms with Crippen LogP contribution in [0.3, 0.4) is 0 Å².